The number of nitrogens with zero attached hydrogens (tertiary/aromatic N) is 1. The molecule has 84 valence electrons. The largest absolute Gasteiger partial charge is 0.371 e. The van der Waals surface area contributed by atoms with Crippen LogP contribution >= 0.6 is 15.9 Å². The van der Waals surface area contributed by atoms with E-state index in [9.17, 15) is 4.79 Å². The number of hydrogen-bond acceptors (Lipinski definition) is 3. The van der Waals surface area contributed by atoms with E-state index in [-0.39, 0.29) is 0 Å². The van der Waals surface area contributed by atoms with E-state index in [0.717, 1.165) is 4.47 Å². The number of nitrogens with one attached hydrogen (secondary N) is 1. The number of carbonyl (C=O) groups is 1. The first-order chi connectivity index (χ1) is 7.36. The minimum absolute atomic E-state index is 0.462. The van der Waals surface area contributed by atoms with Crippen LogP contribution in [0.15, 0.2) is 22.7 Å². The van der Waals surface area contributed by atoms with Crippen molar-refractivity contribution in [1.29, 1.82) is 5.26 Å². The van der Waals surface area contributed by atoms with Crippen molar-refractivity contribution < 1.29 is 4.79 Å². The molecule has 0 saturated heterocycles. The maximum absolute atomic E-state index is 11.2. The van der Waals surface area contributed by atoms with E-state index in [1.807, 2.05) is 0 Å². The summed E-state index contributed by atoms with van der Waals surface area (Å²) in [5.74, 6) is -0.473. The molecule has 1 rings (SSSR count). The van der Waals surface area contributed by atoms with Gasteiger partial charge in [-0.3, -0.25) is 4.79 Å². The quantitative estimate of drug-likeness (QED) is 0.889. The van der Waals surface area contributed by atoms with Crippen LogP contribution in [0.3, 0.4) is 0 Å². The molecule has 0 heterocycles. The molecule has 0 bridgehead atoms. The Bertz CT molecular complexity index is 463. The summed E-state index contributed by atoms with van der Waals surface area (Å²) in [6.45, 7) is 3.33. The number of halogens is 1. The zero-order valence-electron chi connectivity index (χ0n) is 9.04. The summed E-state index contributed by atoms with van der Waals surface area (Å²) < 4.78 is 0.812. The molecule has 0 aromatic heterocycles. The van der Waals surface area contributed by atoms with Crippen molar-refractivity contribution in [2.75, 3.05) is 5.32 Å². The van der Waals surface area contributed by atoms with Gasteiger partial charge in [0.25, 0.3) is 0 Å². The van der Waals surface area contributed by atoms with Gasteiger partial charge in [0.15, 0.2) is 0 Å². The SMILES string of the molecule is CC(C)(Nc1ccc(Br)cc1C#N)C(N)=O. The Hall–Kier alpha value is -1.54. The molecule has 1 aromatic carbocycles. The number of hydrogen-bond donors (Lipinski definition) is 2. The second-order valence-corrected chi connectivity index (χ2v) is 4.83. The van der Waals surface area contributed by atoms with Crippen molar-refractivity contribution >= 4 is 27.5 Å². The lowest BCUT2D eigenvalue weighted by atomic mass is 10.0. The van der Waals surface area contributed by atoms with Crippen LogP contribution < -0.4 is 11.1 Å². The number of nitrogens with two attached hydrogens (primary N) is 1. The molecule has 3 N–H and O–H groups in total. The molecule has 5 heteroatoms. The fourth-order valence-electron chi connectivity index (χ4n) is 1.12. The maximum atomic E-state index is 11.2. The third kappa shape index (κ3) is 2.74. The maximum Gasteiger partial charge on any atom is 0.242 e. The summed E-state index contributed by atoms with van der Waals surface area (Å²) in [4.78, 5) is 11.2. The number of rotatable bonds is 3. The van der Waals surface area contributed by atoms with Crippen LogP contribution in [0.1, 0.15) is 19.4 Å². The van der Waals surface area contributed by atoms with Gasteiger partial charge in [-0.2, -0.15) is 5.26 Å². The van der Waals surface area contributed by atoms with Gasteiger partial charge < -0.3 is 11.1 Å². The van der Waals surface area contributed by atoms with Crippen LogP contribution in [-0.2, 0) is 4.79 Å². The summed E-state index contributed by atoms with van der Waals surface area (Å²) >= 11 is 3.28. The minimum Gasteiger partial charge on any atom is -0.371 e. The Morgan fingerprint density at radius 3 is 2.69 bits per heavy atom. The van der Waals surface area contributed by atoms with Crippen molar-refractivity contribution in [3.8, 4) is 6.07 Å². The lowest BCUT2D eigenvalue weighted by molar-refractivity contribution is -0.121. The van der Waals surface area contributed by atoms with E-state index in [4.69, 9.17) is 11.0 Å². The molecule has 0 unspecified atom stereocenters. The molecule has 16 heavy (non-hydrogen) atoms. The second-order valence-electron chi connectivity index (χ2n) is 3.92. The predicted octanol–water partition coefficient (Wildman–Crippen LogP) is 2.00. The van der Waals surface area contributed by atoms with Crippen LogP contribution in [-0.4, -0.2) is 11.4 Å². The first-order valence-corrected chi connectivity index (χ1v) is 5.44. The van der Waals surface area contributed by atoms with Gasteiger partial charge in [-0.15, -0.1) is 0 Å². The highest BCUT2D eigenvalue weighted by Crippen LogP contribution is 2.23. The zero-order chi connectivity index (χ0) is 12.3. The van der Waals surface area contributed by atoms with Gasteiger partial charge in [0, 0.05) is 4.47 Å². The van der Waals surface area contributed by atoms with E-state index in [2.05, 4.69) is 27.3 Å². The Labute approximate surface area is 103 Å². The van der Waals surface area contributed by atoms with E-state index in [1.165, 1.54) is 0 Å². The van der Waals surface area contributed by atoms with E-state index in [0.29, 0.717) is 11.3 Å². The summed E-state index contributed by atoms with van der Waals surface area (Å²) in [6, 6.07) is 7.25. The topological polar surface area (TPSA) is 78.9 Å². The Morgan fingerprint density at radius 1 is 1.56 bits per heavy atom. The average Bonchev–Trinajstić information content (AvgIpc) is 2.20. The van der Waals surface area contributed by atoms with Gasteiger partial charge >= 0.3 is 0 Å². The number of benzene rings is 1. The number of nitriles is 1. The fourth-order valence-corrected chi connectivity index (χ4v) is 1.48. The minimum atomic E-state index is -0.889. The van der Waals surface area contributed by atoms with E-state index >= 15 is 0 Å². The summed E-state index contributed by atoms with van der Waals surface area (Å²) in [5, 5.41) is 11.9. The van der Waals surface area contributed by atoms with Crippen molar-refractivity contribution in [3.63, 3.8) is 0 Å². The Balaban J connectivity index is 3.08. The van der Waals surface area contributed by atoms with Gasteiger partial charge in [0.1, 0.15) is 11.6 Å². The van der Waals surface area contributed by atoms with Crippen molar-refractivity contribution in [2.24, 2.45) is 5.73 Å². The van der Waals surface area contributed by atoms with Gasteiger partial charge in [-0.05, 0) is 32.0 Å². The summed E-state index contributed by atoms with van der Waals surface area (Å²) in [7, 11) is 0. The number of primary amides is 1. The van der Waals surface area contributed by atoms with Crippen molar-refractivity contribution in [1.82, 2.24) is 0 Å². The molecule has 0 fully saturated rings. The lowest BCUT2D eigenvalue weighted by Crippen LogP contribution is -2.45. The summed E-state index contributed by atoms with van der Waals surface area (Å²) in [5.41, 5.74) is 5.41. The molecule has 1 aromatic rings. The summed E-state index contributed by atoms with van der Waals surface area (Å²) in [6.07, 6.45) is 0. The predicted molar refractivity (Wildman–Crippen MR) is 65.8 cm³/mol. The molecular weight excluding hydrogens is 270 g/mol. The molecule has 0 radical (unpaired) electrons. The first kappa shape index (κ1) is 12.5. The molecule has 0 aliphatic carbocycles. The Kier molecular flexibility index (Phi) is 3.55. The zero-order valence-corrected chi connectivity index (χ0v) is 10.6. The number of amides is 1. The highest BCUT2D eigenvalue weighted by Gasteiger charge is 2.25. The molecule has 4 nitrogen and oxygen atoms in total. The molecule has 0 aliphatic heterocycles. The van der Waals surface area contributed by atoms with Crippen LogP contribution in [0.4, 0.5) is 5.69 Å². The smallest absolute Gasteiger partial charge is 0.242 e. The van der Waals surface area contributed by atoms with Crippen molar-refractivity contribution in [3.05, 3.63) is 28.2 Å². The third-order valence-corrected chi connectivity index (χ3v) is 2.66. The standard InChI is InChI=1S/C11H12BrN3O/c1-11(2,10(14)16)15-9-4-3-8(12)5-7(9)6-13/h3-5,15H,1-2H3,(H2,14,16). The second kappa shape index (κ2) is 4.54. The molecular formula is C11H12BrN3O. The average molecular weight is 282 g/mol. The fraction of sp³-hybridized carbons (Fsp3) is 0.273. The van der Waals surface area contributed by atoms with Gasteiger partial charge in [-0.1, -0.05) is 15.9 Å². The Morgan fingerprint density at radius 2 is 2.19 bits per heavy atom. The van der Waals surface area contributed by atoms with Crippen molar-refractivity contribution in [2.45, 2.75) is 19.4 Å². The molecule has 1 amide bonds. The van der Waals surface area contributed by atoms with Gasteiger partial charge in [0.2, 0.25) is 5.91 Å². The highest BCUT2D eigenvalue weighted by atomic mass is 79.9. The van der Waals surface area contributed by atoms with Crippen LogP contribution in [0, 0.1) is 11.3 Å². The third-order valence-electron chi connectivity index (χ3n) is 2.17. The monoisotopic (exact) mass is 281 g/mol. The first-order valence-electron chi connectivity index (χ1n) is 4.64. The molecule has 0 aliphatic rings. The highest BCUT2D eigenvalue weighted by molar-refractivity contribution is 9.10. The normalized spacial score (nSPS) is 10.6. The van der Waals surface area contributed by atoms with Gasteiger partial charge in [-0.25, -0.2) is 0 Å². The van der Waals surface area contributed by atoms with Crippen LogP contribution in [0.5, 0.6) is 0 Å². The number of carbonyl (C=O) groups excluding carboxylic acids is 1. The van der Waals surface area contributed by atoms with E-state index < -0.39 is 11.4 Å². The van der Waals surface area contributed by atoms with Gasteiger partial charge in [0.05, 0.1) is 11.3 Å². The lowest BCUT2D eigenvalue weighted by Gasteiger charge is -2.24. The van der Waals surface area contributed by atoms with Crippen LogP contribution in [0.25, 0.3) is 0 Å². The van der Waals surface area contributed by atoms with E-state index in [1.54, 1.807) is 32.0 Å². The number of anilines is 1. The van der Waals surface area contributed by atoms with Crippen LogP contribution in [0.2, 0.25) is 0 Å². The molecule has 0 saturated carbocycles. The molecule has 0 spiro atoms. The molecule has 0 atom stereocenters.